The summed E-state index contributed by atoms with van der Waals surface area (Å²) in [7, 11) is 0. The summed E-state index contributed by atoms with van der Waals surface area (Å²) < 4.78 is 5.75. The lowest BCUT2D eigenvalue weighted by atomic mass is 10.0. The first-order valence-electron chi connectivity index (χ1n) is 9.05. The monoisotopic (exact) mass is 373 g/mol. The van der Waals surface area contributed by atoms with Crippen LogP contribution in [0.5, 0.6) is 5.75 Å². The van der Waals surface area contributed by atoms with Crippen LogP contribution >= 0.6 is 11.3 Å². The second-order valence-electron chi connectivity index (χ2n) is 6.60. The van der Waals surface area contributed by atoms with Crippen molar-refractivity contribution in [1.29, 1.82) is 0 Å². The van der Waals surface area contributed by atoms with Gasteiger partial charge in [0.2, 0.25) is 0 Å². The Labute approximate surface area is 159 Å². The van der Waals surface area contributed by atoms with Crippen LogP contribution < -0.4 is 15.4 Å². The van der Waals surface area contributed by atoms with E-state index in [2.05, 4.69) is 45.8 Å². The fraction of sp³-hybridized carbons (Fsp3) is 0.474. The number of aliphatic imine (C=N–C) groups is 1. The van der Waals surface area contributed by atoms with Crippen LogP contribution in [0.15, 0.2) is 40.8 Å². The zero-order valence-corrected chi connectivity index (χ0v) is 16.3. The summed E-state index contributed by atoms with van der Waals surface area (Å²) in [5.41, 5.74) is 7.45. The molecule has 0 spiro atoms. The number of ether oxygens (including phenoxy) is 1. The predicted molar refractivity (Wildman–Crippen MR) is 108 cm³/mol. The van der Waals surface area contributed by atoms with Gasteiger partial charge in [0, 0.05) is 37.8 Å². The molecule has 1 aromatic carbocycles. The maximum Gasteiger partial charge on any atom is 0.191 e. The van der Waals surface area contributed by atoms with Gasteiger partial charge in [0.25, 0.3) is 0 Å². The minimum atomic E-state index is 0.529. The molecule has 2 heterocycles. The van der Waals surface area contributed by atoms with Gasteiger partial charge in [-0.05, 0) is 23.6 Å². The molecular formula is C19H27N5OS. The summed E-state index contributed by atoms with van der Waals surface area (Å²) in [5, 5.41) is 3.09. The number of guanidine groups is 1. The van der Waals surface area contributed by atoms with Crippen molar-refractivity contribution in [3.05, 3.63) is 41.4 Å². The van der Waals surface area contributed by atoms with Crippen LogP contribution in [0.4, 0.5) is 5.13 Å². The maximum absolute atomic E-state index is 6.13. The molecule has 26 heavy (non-hydrogen) atoms. The van der Waals surface area contributed by atoms with Crippen molar-refractivity contribution in [2.45, 2.75) is 19.8 Å². The molecule has 0 unspecified atom stereocenters. The van der Waals surface area contributed by atoms with Crippen molar-refractivity contribution in [2.24, 2.45) is 10.7 Å². The lowest BCUT2D eigenvalue weighted by molar-refractivity contribution is 0.326. The van der Waals surface area contributed by atoms with Gasteiger partial charge in [-0.2, -0.15) is 0 Å². The number of rotatable bonds is 6. The van der Waals surface area contributed by atoms with Gasteiger partial charge >= 0.3 is 0 Å². The van der Waals surface area contributed by atoms with Crippen molar-refractivity contribution in [2.75, 3.05) is 44.2 Å². The molecule has 0 radical (unpaired) electrons. The zero-order valence-electron chi connectivity index (χ0n) is 15.5. The smallest absolute Gasteiger partial charge is 0.191 e. The summed E-state index contributed by atoms with van der Waals surface area (Å²) >= 11 is 1.67. The SMILES string of the molecule is CC(C)c1ccc(OCCN=C(N)N2CCN(c3nccs3)CC2)cc1. The van der Waals surface area contributed by atoms with Gasteiger partial charge in [-0.25, -0.2) is 9.98 Å². The summed E-state index contributed by atoms with van der Waals surface area (Å²) in [5.74, 6) is 2.01. The predicted octanol–water partition coefficient (Wildman–Crippen LogP) is 2.78. The number of hydrogen-bond acceptors (Lipinski definition) is 5. The lowest BCUT2D eigenvalue weighted by Gasteiger charge is -2.35. The van der Waals surface area contributed by atoms with Crippen molar-refractivity contribution in [3.63, 3.8) is 0 Å². The number of thiazole rings is 1. The van der Waals surface area contributed by atoms with Gasteiger partial charge in [0.1, 0.15) is 12.4 Å². The van der Waals surface area contributed by atoms with Crippen LogP contribution in [0.2, 0.25) is 0 Å². The summed E-state index contributed by atoms with van der Waals surface area (Å²) in [6.07, 6.45) is 1.85. The molecular weight excluding hydrogens is 346 g/mol. The molecule has 2 N–H and O–H groups in total. The van der Waals surface area contributed by atoms with Crippen molar-refractivity contribution >= 4 is 22.4 Å². The summed E-state index contributed by atoms with van der Waals surface area (Å²) in [6, 6.07) is 8.25. The molecule has 140 valence electrons. The first kappa shape index (κ1) is 18.5. The number of piperazine rings is 1. The Bertz CT molecular complexity index is 691. The molecule has 2 aromatic rings. The third-order valence-electron chi connectivity index (χ3n) is 4.47. The Kier molecular flexibility index (Phi) is 6.33. The van der Waals surface area contributed by atoms with E-state index in [4.69, 9.17) is 10.5 Å². The van der Waals surface area contributed by atoms with Gasteiger partial charge in [0.15, 0.2) is 11.1 Å². The highest BCUT2D eigenvalue weighted by Gasteiger charge is 2.19. The largest absolute Gasteiger partial charge is 0.492 e. The van der Waals surface area contributed by atoms with Crippen molar-refractivity contribution in [3.8, 4) is 5.75 Å². The van der Waals surface area contributed by atoms with Gasteiger partial charge in [-0.15, -0.1) is 11.3 Å². The number of benzene rings is 1. The average Bonchev–Trinajstić information content (AvgIpc) is 3.20. The molecule has 0 saturated carbocycles. The molecule has 1 aliphatic heterocycles. The van der Waals surface area contributed by atoms with E-state index < -0.39 is 0 Å². The fourth-order valence-electron chi connectivity index (χ4n) is 2.87. The highest BCUT2D eigenvalue weighted by molar-refractivity contribution is 7.13. The van der Waals surface area contributed by atoms with E-state index in [1.807, 2.05) is 23.7 Å². The Morgan fingerprint density at radius 3 is 2.58 bits per heavy atom. The van der Waals surface area contributed by atoms with E-state index in [0.29, 0.717) is 25.0 Å². The van der Waals surface area contributed by atoms with Gasteiger partial charge < -0.3 is 20.3 Å². The Hall–Kier alpha value is -2.28. The topological polar surface area (TPSA) is 67.0 Å². The van der Waals surface area contributed by atoms with Gasteiger partial charge in [0.05, 0.1) is 6.54 Å². The van der Waals surface area contributed by atoms with Gasteiger partial charge in [-0.3, -0.25) is 0 Å². The molecule has 7 heteroatoms. The summed E-state index contributed by atoms with van der Waals surface area (Å²) in [6.45, 7) is 9.03. The molecule has 3 rings (SSSR count). The van der Waals surface area contributed by atoms with Crippen LogP contribution in [-0.2, 0) is 0 Å². The quantitative estimate of drug-likeness (QED) is 0.479. The van der Waals surface area contributed by atoms with Crippen LogP contribution in [0, 0.1) is 0 Å². The van der Waals surface area contributed by atoms with Gasteiger partial charge in [-0.1, -0.05) is 26.0 Å². The lowest BCUT2D eigenvalue weighted by Crippen LogP contribution is -2.51. The molecule has 1 aliphatic rings. The molecule has 0 amide bonds. The van der Waals surface area contributed by atoms with Crippen molar-refractivity contribution < 1.29 is 4.74 Å². The molecule has 6 nitrogen and oxygen atoms in total. The normalized spacial score (nSPS) is 15.6. The number of nitrogens with zero attached hydrogens (tertiary/aromatic N) is 4. The van der Waals surface area contributed by atoms with Crippen LogP contribution in [0.25, 0.3) is 0 Å². The Morgan fingerprint density at radius 2 is 1.96 bits per heavy atom. The van der Waals surface area contributed by atoms with E-state index in [-0.39, 0.29) is 0 Å². The average molecular weight is 374 g/mol. The van der Waals surface area contributed by atoms with E-state index >= 15 is 0 Å². The number of anilines is 1. The van der Waals surface area contributed by atoms with Crippen LogP contribution in [-0.4, -0.2) is 55.2 Å². The van der Waals surface area contributed by atoms with E-state index in [1.54, 1.807) is 11.3 Å². The second kappa shape index (κ2) is 8.89. The zero-order chi connectivity index (χ0) is 18.4. The molecule has 1 saturated heterocycles. The molecule has 0 aliphatic carbocycles. The highest BCUT2D eigenvalue weighted by Crippen LogP contribution is 2.19. The maximum atomic E-state index is 6.13. The number of aromatic nitrogens is 1. The third kappa shape index (κ3) is 4.88. The third-order valence-corrected chi connectivity index (χ3v) is 5.31. The highest BCUT2D eigenvalue weighted by atomic mass is 32.1. The summed E-state index contributed by atoms with van der Waals surface area (Å²) in [4.78, 5) is 13.2. The molecule has 0 bridgehead atoms. The Balaban J connectivity index is 1.40. The minimum absolute atomic E-state index is 0.529. The Morgan fingerprint density at radius 1 is 1.23 bits per heavy atom. The second-order valence-corrected chi connectivity index (χ2v) is 7.47. The molecule has 0 atom stereocenters. The number of nitrogens with two attached hydrogens (primary N) is 1. The van der Waals surface area contributed by atoms with Crippen LogP contribution in [0.1, 0.15) is 25.3 Å². The standard InChI is InChI=1S/C19H27N5OS/c1-15(2)16-3-5-17(6-4-16)25-13-7-21-18(20)23-9-11-24(12-10-23)19-22-8-14-26-19/h3-6,8,14-15H,7,9-13H2,1-2H3,(H2,20,21). The minimum Gasteiger partial charge on any atom is -0.492 e. The molecule has 1 aromatic heterocycles. The van der Waals surface area contributed by atoms with E-state index in [0.717, 1.165) is 37.1 Å². The molecule has 1 fully saturated rings. The fourth-order valence-corrected chi connectivity index (χ4v) is 3.57. The van der Waals surface area contributed by atoms with E-state index in [1.165, 1.54) is 5.56 Å². The number of hydrogen-bond donors (Lipinski definition) is 1. The van der Waals surface area contributed by atoms with E-state index in [9.17, 15) is 0 Å². The first-order valence-corrected chi connectivity index (χ1v) is 9.93. The van der Waals surface area contributed by atoms with Crippen molar-refractivity contribution in [1.82, 2.24) is 9.88 Å². The first-order chi connectivity index (χ1) is 12.6. The van der Waals surface area contributed by atoms with Crippen LogP contribution in [0.3, 0.4) is 0 Å².